The molecule has 2 unspecified atom stereocenters. The van der Waals surface area contributed by atoms with Crippen LogP contribution in [0.2, 0.25) is 0 Å². The third-order valence-electron chi connectivity index (χ3n) is 7.35. The Balaban J connectivity index is 1.27. The maximum Gasteiger partial charge on any atom is 0.410 e. The van der Waals surface area contributed by atoms with Gasteiger partial charge in [0.2, 0.25) is 5.91 Å². The second kappa shape index (κ2) is 9.41. The molecule has 2 aromatic carbocycles. The van der Waals surface area contributed by atoms with E-state index in [0.717, 1.165) is 34.2 Å². The molecule has 1 saturated carbocycles. The molecule has 3 N–H and O–H groups in total. The number of benzene rings is 2. The molecule has 3 aliphatic rings. The second-order valence-electron chi connectivity index (χ2n) is 11.3. The molecule has 3 amide bonds. The van der Waals surface area contributed by atoms with Gasteiger partial charge in [-0.25, -0.2) is 10.2 Å². The lowest BCUT2D eigenvalue weighted by molar-refractivity contribution is -0.117. The Labute approximate surface area is 226 Å². The number of hydrogen-bond donors (Lipinski definition) is 3. The van der Waals surface area contributed by atoms with Crippen molar-refractivity contribution in [3.05, 3.63) is 70.9 Å². The van der Waals surface area contributed by atoms with Crippen LogP contribution in [0.1, 0.15) is 66.7 Å². The number of anilines is 1. The standard InChI is InChI=1S/C30H31N5O4/c1-30(2,3)39-29(38)35-11-9-18(10-12-35)26-23-16-31-34-28(37)22-13-19(14-24(33-26)25(22)23)32-27(36)21-15-20(21)17-7-5-4-6-8-17/h4-9,13-14,16,20-21,33H,10-12,15H2,1-3H3,(H,32,36)(H,34,37). The van der Waals surface area contributed by atoms with E-state index < -0.39 is 5.60 Å². The van der Waals surface area contributed by atoms with Crippen molar-refractivity contribution < 1.29 is 19.1 Å². The van der Waals surface area contributed by atoms with Gasteiger partial charge >= 0.3 is 6.09 Å². The molecule has 2 atom stereocenters. The number of rotatable bonds is 4. The third-order valence-corrected chi connectivity index (χ3v) is 7.35. The molecule has 0 bridgehead atoms. The number of nitrogens with zero attached hydrogens (tertiary/aromatic N) is 2. The quantitative estimate of drug-likeness (QED) is 0.444. The molecule has 200 valence electrons. The Bertz CT molecular complexity index is 1550. The first-order valence-corrected chi connectivity index (χ1v) is 13.2. The van der Waals surface area contributed by atoms with Crippen molar-refractivity contribution in [3.63, 3.8) is 0 Å². The minimum atomic E-state index is -0.553. The van der Waals surface area contributed by atoms with Crippen LogP contribution in [-0.2, 0) is 9.53 Å². The smallest absolute Gasteiger partial charge is 0.410 e. The zero-order valence-corrected chi connectivity index (χ0v) is 22.2. The van der Waals surface area contributed by atoms with Crippen LogP contribution in [0.4, 0.5) is 10.5 Å². The normalized spacial score (nSPS) is 20.2. The number of hydrogen-bond acceptors (Lipinski definition) is 5. The van der Waals surface area contributed by atoms with E-state index in [-0.39, 0.29) is 29.7 Å². The van der Waals surface area contributed by atoms with Crippen LogP contribution in [0.5, 0.6) is 0 Å². The maximum atomic E-state index is 13.1. The van der Waals surface area contributed by atoms with E-state index in [0.29, 0.717) is 30.8 Å². The van der Waals surface area contributed by atoms with Gasteiger partial charge in [0.25, 0.3) is 5.91 Å². The van der Waals surface area contributed by atoms with E-state index in [4.69, 9.17) is 4.74 Å². The van der Waals surface area contributed by atoms with Gasteiger partial charge in [0.05, 0.1) is 17.5 Å². The van der Waals surface area contributed by atoms with E-state index >= 15 is 0 Å². The highest BCUT2D eigenvalue weighted by atomic mass is 16.6. The SMILES string of the molecule is CC(C)(C)OC(=O)N1CC=C(c2[nH]c3cc(NC(=O)C4CC4c4ccccc4)cc4c3c2C=NNC4=O)CC1. The van der Waals surface area contributed by atoms with Crippen LogP contribution in [0.25, 0.3) is 16.5 Å². The lowest BCUT2D eigenvalue weighted by atomic mass is 9.98. The average molecular weight is 526 g/mol. The first-order chi connectivity index (χ1) is 18.7. The van der Waals surface area contributed by atoms with E-state index in [1.807, 2.05) is 51.1 Å². The van der Waals surface area contributed by atoms with Crippen LogP contribution < -0.4 is 10.7 Å². The predicted molar refractivity (Wildman–Crippen MR) is 150 cm³/mol. The minimum Gasteiger partial charge on any atom is -0.444 e. The van der Waals surface area contributed by atoms with Gasteiger partial charge in [0.1, 0.15) is 5.60 Å². The van der Waals surface area contributed by atoms with E-state index in [1.54, 1.807) is 17.2 Å². The van der Waals surface area contributed by atoms with E-state index in [2.05, 4.69) is 33.0 Å². The Morgan fingerprint density at radius 1 is 1.15 bits per heavy atom. The average Bonchev–Trinajstić information content (AvgIpc) is 3.66. The zero-order chi connectivity index (χ0) is 27.3. The fraction of sp³-hybridized carbons (Fsp3) is 0.333. The number of ether oxygens (including phenoxy) is 1. The molecule has 0 spiro atoms. The molecule has 9 nitrogen and oxygen atoms in total. The summed E-state index contributed by atoms with van der Waals surface area (Å²) in [7, 11) is 0. The number of hydrazone groups is 1. The highest BCUT2D eigenvalue weighted by molar-refractivity contribution is 6.17. The number of H-pyrrole nitrogens is 1. The molecule has 1 aromatic heterocycles. The third kappa shape index (κ3) is 4.92. The summed E-state index contributed by atoms with van der Waals surface area (Å²) in [5, 5.41) is 7.92. The zero-order valence-electron chi connectivity index (χ0n) is 22.2. The Morgan fingerprint density at radius 3 is 2.67 bits per heavy atom. The lowest BCUT2D eigenvalue weighted by Crippen LogP contribution is -2.39. The van der Waals surface area contributed by atoms with Crippen molar-refractivity contribution in [3.8, 4) is 0 Å². The van der Waals surface area contributed by atoms with Crippen molar-refractivity contribution in [2.75, 3.05) is 18.4 Å². The van der Waals surface area contributed by atoms with Crippen LogP contribution in [0, 0.1) is 5.92 Å². The predicted octanol–water partition coefficient (Wildman–Crippen LogP) is 5.01. The van der Waals surface area contributed by atoms with Crippen molar-refractivity contribution in [2.24, 2.45) is 11.0 Å². The van der Waals surface area contributed by atoms with Gasteiger partial charge in [-0.3, -0.25) is 9.59 Å². The Kier molecular flexibility index (Phi) is 6.01. The molecule has 0 radical (unpaired) electrons. The summed E-state index contributed by atoms with van der Waals surface area (Å²) in [6.45, 7) is 6.49. The van der Waals surface area contributed by atoms with Crippen molar-refractivity contribution in [1.82, 2.24) is 15.3 Å². The van der Waals surface area contributed by atoms with Gasteiger partial charge in [-0.2, -0.15) is 5.10 Å². The number of carbonyl (C=O) groups is 3. The molecule has 2 aliphatic heterocycles. The monoisotopic (exact) mass is 525 g/mol. The highest BCUT2D eigenvalue weighted by Gasteiger charge is 2.44. The Morgan fingerprint density at radius 2 is 1.95 bits per heavy atom. The molecule has 1 aliphatic carbocycles. The van der Waals surface area contributed by atoms with Crippen LogP contribution in [-0.4, -0.2) is 52.7 Å². The van der Waals surface area contributed by atoms with Gasteiger partial charge in [-0.15, -0.1) is 0 Å². The summed E-state index contributed by atoms with van der Waals surface area (Å²) >= 11 is 0. The van der Waals surface area contributed by atoms with Gasteiger partial charge < -0.3 is 19.9 Å². The lowest BCUT2D eigenvalue weighted by Gasteiger charge is -2.29. The molecule has 39 heavy (non-hydrogen) atoms. The summed E-state index contributed by atoms with van der Waals surface area (Å²) in [6, 6.07) is 13.6. The Hall–Kier alpha value is -4.40. The molecule has 6 rings (SSSR count). The van der Waals surface area contributed by atoms with Gasteiger partial charge in [0.15, 0.2) is 0 Å². The number of carbonyl (C=O) groups excluding carboxylic acids is 3. The topological polar surface area (TPSA) is 116 Å². The number of aromatic nitrogens is 1. The molecular weight excluding hydrogens is 494 g/mol. The summed E-state index contributed by atoms with van der Waals surface area (Å²) in [4.78, 5) is 43.6. The van der Waals surface area contributed by atoms with Crippen LogP contribution in [0.3, 0.4) is 0 Å². The van der Waals surface area contributed by atoms with Crippen molar-refractivity contribution in [1.29, 1.82) is 0 Å². The number of nitrogens with one attached hydrogen (secondary N) is 3. The van der Waals surface area contributed by atoms with Crippen molar-refractivity contribution >= 4 is 46.3 Å². The number of aromatic amines is 1. The summed E-state index contributed by atoms with van der Waals surface area (Å²) in [5.74, 6) is -0.256. The summed E-state index contributed by atoms with van der Waals surface area (Å²) in [6.07, 6.45) is 4.75. The van der Waals surface area contributed by atoms with Crippen LogP contribution >= 0.6 is 0 Å². The second-order valence-corrected chi connectivity index (χ2v) is 11.3. The molecule has 3 aromatic rings. The van der Waals surface area contributed by atoms with Crippen LogP contribution in [0.15, 0.2) is 53.6 Å². The fourth-order valence-electron chi connectivity index (χ4n) is 5.38. The summed E-state index contributed by atoms with van der Waals surface area (Å²) < 4.78 is 5.51. The highest BCUT2D eigenvalue weighted by Crippen LogP contribution is 2.48. The largest absolute Gasteiger partial charge is 0.444 e. The molecular formula is C30H31N5O4. The van der Waals surface area contributed by atoms with Gasteiger partial charge in [-0.1, -0.05) is 36.4 Å². The van der Waals surface area contributed by atoms with Gasteiger partial charge in [-0.05, 0) is 62.8 Å². The first kappa shape index (κ1) is 24.9. The molecule has 0 saturated heterocycles. The maximum absolute atomic E-state index is 13.1. The first-order valence-electron chi connectivity index (χ1n) is 13.2. The van der Waals surface area contributed by atoms with Crippen molar-refractivity contribution in [2.45, 2.75) is 45.1 Å². The number of amides is 3. The van der Waals surface area contributed by atoms with Gasteiger partial charge in [0, 0.05) is 41.2 Å². The molecule has 3 heterocycles. The molecule has 9 heteroatoms. The minimum absolute atomic E-state index is 0.0510. The molecule has 1 fully saturated rings. The summed E-state index contributed by atoms with van der Waals surface area (Å²) in [5.41, 5.74) is 7.62. The van der Waals surface area contributed by atoms with E-state index in [1.165, 1.54) is 5.56 Å². The fourth-order valence-corrected chi connectivity index (χ4v) is 5.38. The van der Waals surface area contributed by atoms with E-state index in [9.17, 15) is 14.4 Å².